The number of pyridine rings is 1. The number of nitrogens with one attached hydrogen (secondary N) is 1. The second-order valence-corrected chi connectivity index (χ2v) is 6.82. The molecule has 3 heterocycles. The minimum Gasteiger partial charge on any atom is -0.354 e. The quantitative estimate of drug-likeness (QED) is 0.899. The average molecular weight is 307 g/mol. The van der Waals surface area contributed by atoms with E-state index in [1.54, 1.807) is 13.1 Å². The summed E-state index contributed by atoms with van der Waals surface area (Å²) in [5.41, 5.74) is 0. The highest BCUT2D eigenvalue weighted by atomic mass is 32.2. The molecule has 0 spiro atoms. The first-order valence-electron chi connectivity index (χ1n) is 6.75. The molecule has 1 aliphatic heterocycles. The Morgan fingerprint density at radius 2 is 1.90 bits per heavy atom. The lowest BCUT2D eigenvalue weighted by Gasteiger charge is -2.34. The summed E-state index contributed by atoms with van der Waals surface area (Å²) in [6.07, 6.45) is 3.11. The number of piperazine rings is 1. The van der Waals surface area contributed by atoms with Gasteiger partial charge in [0.25, 0.3) is 10.0 Å². The molecule has 2 aromatic heterocycles. The molecule has 0 amide bonds. The molecule has 8 heteroatoms. The second-order valence-electron chi connectivity index (χ2n) is 4.91. The molecule has 1 fully saturated rings. The van der Waals surface area contributed by atoms with Gasteiger partial charge >= 0.3 is 0 Å². The van der Waals surface area contributed by atoms with Gasteiger partial charge in [-0.1, -0.05) is 6.07 Å². The molecule has 0 aliphatic carbocycles. The van der Waals surface area contributed by atoms with Crippen LogP contribution in [-0.2, 0) is 10.0 Å². The van der Waals surface area contributed by atoms with Crippen LogP contribution in [0.5, 0.6) is 0 Å². The van der Waals surface area contributed by atoms with Crippen LogP contribution in [0.2, 0.25) is 0 Å². The normalized spacial score (nSPS) is 17.1. The number of hydrogen-bond donors (Lipinski definition) is 1. The monoisotopic (exact) mass is 307 g/mol. The maximum atomic E-state index is 12.5. The Morgan fingerprint density at radius 3 is 2.48 bits per heavy atom. The highest BCUT2D eigenvalue weighted by Crippen LogP contribution is 2.18. The summed E-state index contributed by atoms with van der Waals surface area (Å²) in [5, 5.41) is 0.159. The van der Waals surface area contributed by atoms with Crippen LogP contribution in [0.15, 0.2) is 35.6 Å². The van der Waals surface area contributed by atoms with Gasteiger partial charge in [0.2, 0.25) is 0 Å². The number of imidazole rings is 1. The van der Waals surface area contributed by atoms with Crippen molar-refractivity contribution in [2.45, 2.75) is 11.9 Å². The molecule has 21 heavy (non-hydrogen) atoms. The number of H-pyrrole nitrogens is 1. The van der Waals surface area contributed by atoms with Crippen molar-refractivity contribution in [1.82, 2.24) is 19.3 Å². The minimum atomic E-state index is -3.48. The molecule has 2 aromatic rings. The molecule has 1 N–H and O–H groups in total. The zero-order chi connectivity index (χ0) is 14.9. The van der Waals surface area contributed by atoms with Gasteiger partial charge in [-0.15, -0.1) is 0 Å². The van der Waals surface area contributed by atoms with E-state index in [9.17, 15) is 8.42 Å². The van der Waals surface area contributed by atoms with Crippen LogP contribution in [0.3, 0.4) is 0 Å². The van der Waals surface area contributed by atoms with E-state index in [2.05, 4.69) is 19.9 Å². The first kappa shape index (κ1) is 14.0. The third-order valence-electron chi connectivity index (χ3n) is 3.51. The maximum Gasteiger partial charge on any atom is 0.260 e. The Morgan fingerprint density at radius 1 is 1.14 bits per heavy atom. The number of nitrogens with zero attached hydrogens (tertiary/aromatic N) is 4. The fourth-order valence-corrected chi connectivity index (χ4v) is 3.75. The number of anilines is 1. The van der Waals surface area contributed by atoms with Crippen LogP contribution in [0.4, 0.5) is 5.82 Å². The van der Waals surface area contributed by atoms with E-state index in [4.69, 9.17) is 0 Å². The van der Waals surface area contributed by atoms with Crippen molar-refractivity contribution >= 4 is 15.8 Å². The molecule has 0 bridgehead atoms. The third kappa shape index (κ3) is 2.77. The summed E-state index contributed by atoms with van der Waals surface area (Å²) in [6.45, 7) is 3.87. The van der Waals surface area contributed by atoms with Crippen molar-refractivity contribution in [2.75, 3.05) is 31.1 Å². The lowest BCUT2D eigenvalue weighted by molar-refractivity contribution is 0.382. The van der Waals surface area contributed by atoms with Crippen molar-refractivity contribution in [1.29, 1.82) is 0 Å². The Hall–Kier alpha value is -1.93. The van der Waals surface area contributed by atoms with Crippen LogP contribution in [0.1, 0.15) is 5.82 Å². The standard InChI is InChI=1S/C13H17N5O2S/c1-11-15-10-13(16-11)21(19,20)18-8-6-17(7-9-18)12-4-2-3-5-14-12/h2-5,10H,6-9H2,1H3,(H,15,16). The van der Waals surface area contributed by atoms with E-state index >= 15 is 0 Å². The van der Waals surface area contributed by atoms with Gasteiger partial charge in [0.05, 0.1) is 6.20 Å². The lowest BCUT2D eigenvalue weighted by Crippen LogP contribution is -2.49. The Kier molecular flexibility index (Phi) is 3.64. The highest BCUT2D eigenvalue weighted by molar-refractivity contribution is 7.89. The molecule has 0 atom stereocenters. The molecule has 0 aromatic carbocycles. The van der Waals surface area contributed by atoms with E-state index < -0.39 is 10.0 Å². The summed E-state index contributed by atoms with van der Waals surface area (Å²) < 4.78 is 26.4. The fraction of sp³-hybridized carbons (Fsp3) is 0.385. The predicted molar refractivity (Wildman–Crippen MR) is 78.5 cm³/mol. The SMILES string of the molecule is Cc1ncc(S(=O)(=O)N2CCN(c3ccccn3)CC2)[nH]1. The van der Waals surface area contributed by atoms with Gasteiger partial charge in [0.1, 0.15) is 11.6 Å². The molecular formula is C13H17N5O2S. The molecular weight excluding hydrogens is 290 g/mol. The number of aromatic nitrogens is 3. The van der Waals surface area contributed by atoms with Crippen molar-refractivity contribution in [3.05, 3.63) is 36.4 Å². The highest BCUT2D eigenvalue weighted by Gasteiger charge is 2.30. The Balaban J connectivity index is 1.71. The lowest BCUT2D eigenvalue weighted by atomic mass is 10.3. The van der Waals surface area contributed by atoms with E-state index in [1.165, 1.54) is 10.5 Å². The average Bonchev–Trinajstić information content (AvgIpc) is 2.96. The first-order valence-corrected chi connectivity index (χ1v) is 8.19. The molecule has 0 unspecified atom stereocenters. The van der Waals surface area contributed by atoms with Gasteiger partial charge < -0.3 is 9.88 Å². The number of hydrogen-bond acceptors (Lipinski definition) is 5. The van der Waals surface area contributed by atoms with E-state index in [0.29, 0.717) is 32.0 Å². The van der Waals surface area contributed by atoms with E-state index in [-0.39, 0.29) is 5.03 Å². The molecule has 1 saturated heterocycles. The van der Waals surface area contributed by atoms with Gasteiger partial charge in [-0.2, -0.15) is 4.31 Å². The van der Waals surface area contributed by atoms with E-state index in [1.807, 2.05) is 18.2 Å². The largest absolute Gasteiger partial charge is 0.354 e. The minimum absolute atomic E-state index is 0.159. The van der Waals surface area contributed by atoms with Crippen molar-refractivity contribution in [2.24, 2.45) is 0 Å². The summed E-state index contributed by atoms with van der Waals surface area (Å²) in [4.78, 5) is 13.1. The van der Waals surface area contributed by atoms with Gasteiger partial charge in [0, 0.05) is 32.4 Å². The topological polar surface area (TPSA) is 82.2 Å². The Labute approximate surface area is 123 Å². The van der Waals surface area contributed by atoms with Crippen LogP contribution in [0.25, 0.3) is 0 Å². The molecule has 0 radical (unpaired) electrons. The molecule has 0 saturated carbocycles. The van der Waals surface area contributed by atoms with Crippen LogP contribution < -0.4 is 4.90 Å². The van der Waals surface area contributed by atoms with Gasteiger partial charge in [-0.05, 0) is 19.1 Å². The summed E-state index contributed by atoms with van der Waals surface area (Å²) in [5.74, 6) is 1.48. The predicted octanol–water partition coefficient (Wildman–Crippen LogP) is 0.624. The number of aromatic amines is 1. The zero-order valence-electron chi connectivity index (χ0n) is 11.7. The van der Waals surface area contributed by atoms with Crippen molar-refractivity contribution in [3.8, 4) is 0 Å². The summed E-state index contributed by atoms with van der Waals surface area (Å²) in [6, 6.07) is 5.73. The van der Waals surface area contributed by atoms with Crippen molar-refractivity contribution in [3.63, 3.8) is 0 Å². The molecule has 112 valence electrons. The maximum absolute atomic E-state index is 12.5. The first-order chi connectivity index (χ1) is 10.1. The van der Waals surface area contributed by atoms with Gasteiger partial charge in [0.15, 0.2) is 5.03 Å². The van der Waals surface area contributed by atoms with E-state index in [0.717, 1.165) is 5.82 Å². The second kappa shape index (κ2) is 5.45. The number of aryl methyl sites for hydroxylation is 1. The van der Waals surface area contributed by atoms with Crippen LogP contribution in [0, 0.1) is 6.92 Å². The number of sulfonamides is 1. The smallest absolute Gasteiger partial charge is 0.260 e. The molecule has 1 aliphatic rings. The van der Waals surface area contributed by atoms with Crippen LogP contribution >= 0.6 is 0 Å². The van der Waals surface area contributed by atoms with Gasteiger partial charge in [-0.3, -0.25) is 0 Å². The number of rotatable bonds is 3. The third-order valence-corrected chi connectivity index (χ3v) is 5.32. The zero-order valence-corrected chi connectivity index (χ0v) is 12.5. The summed E-state index contributed by atoms with van der Waals surface area (Å²) in [7, 11) is -3.48. The fourth-order valence-electron chi connectivity index (χ4n) is 2.37. The molecule has 7 nitrogen and oxygen atoms in total. The summed E-state index contributed by atoms with van der Waals surface area (Å²) >= 11 is 0. The van der Waals surface area contributed by atoms with Crippen molar-refractivity contribution < 1.29 is 8.42 Å². The molecule has 3 rings (SSSR count). The van der Waals surface area contributed by atoms with Gasteiger partial charge in [-0.25, -0.2) is 18.4 Å². The van der Waals surface area contributed by atoms with Crippen LogP contribution in [-0.4, -0.2) is 53.9 Å². The Bertz CT molecular complexity index is 705.